The topological polar surface area (TPSA) is 53.2 Å². The summed E-state index contributed by atoms with van der Waals surface area (Å²) in [5.74, 6) is 1.28. The molecule has 1 rings (SSSR count). The Labute approximate surface area is 98.6 Å². The van der Waals surface area contributed by atoms with Crippen LogP contribution in [0, 0.1) is 11.8 Å². The summed E-state index contributed by atoms with van der Waals surface area (Å²) in [6, 6.07) is -0.0146. The fourth-order valence-corrected chi connectivity index (χ4v) is 2.04. The Morgan fingerprint density at radius 3 is 2.94 bits per heavy atom. The third kappa shape index (κ3) is 4.84. The van der Waals surface area contributed by atoms with E-state index in [1.807, 2.05) is 0 Å². The molecule has 1 aliphatic rings. The van der Waals surface area contributed by atoms with Crippen molar-refractivity contribution in [3.63, 3.8) is 0 Å². The van der Waals surface area contributed by atoms with E-state index < -0.39 is 0 Å². The molecule has 0 bridgehead atoms. The van der Waals surface area contributed by atoms with Gasteiger partial charge in [-0.1, -0.05) is 20.3 Å². The van der Waals surface area contributed by atoms with Crippen molar-refractivity contribution >= 4 is 6.03 Å². The van der Waals surface area contributed by atoms with Crippen LogP contribution in [0.15, 0.2) is 0 Å². The third-order valence-electron chi connectivity index (χ3n) is 3.30. The van der Waals surface area contributed by atoms with Crippen LogP contribution in [-0.4, -0.2) is 32.2 Å². The molecular weight excluding hydrogens is 202 g/mol. The normalized spacial score (nSPS) is 25.1. The van der Waals surface area contributed by atoms with E-state index in [4.69, 9.17) is 0 Å². The molecule has 1 fully saturated rings. The lowest BCUT2D eigenvalue weighted by Gasteiger charge is -2.29. The molecule has 4 nitrogen and oxygen atoms in total. The summed E-state index contributed by atoms with van der Waals surface area (Å²) >= 11 is 0. The molecule has 2 atom stereocenters. The molecule has 0 aromatic heterocycles. The van der Waals surface area contributed by atoms with Crippen LogP contribution in [0.3, 0.4) is 0 Å². The van der Waals surface area contributed by atoms with Crippen LogP contribution in [0.4, 0.5) is 4.79 Å². The highest BCUT2D eigenvalue weighted by molar-refractivity contribution is 5.73. The fourth-order valence-electron chi connectivity index (χ4n) is 2.04. The first-order chi connectivity index (χ1) is 7.74. The van der Waals surface area contributed by atoms with Crippen LogP contribution in [0.2, 0.25) is 0 Å². The first-order valence-electron chi connectivity index (χ1n) is 6.46. The molecule has 0 aromatic rings. The predicted octanol–water partition coefficient (Wildman–Crippen LogP) is 1.33. The number of unbranched alkanes of at least 4 members (excludes halogenated alkanes) is 1. The van der Waals surface area contributed by atoms with Crippen molar-refractivity contribution in [2.24, 2.45) is 11.8 Å². The van der Waals surface area contributed by atoms with Crippen LogP contribution in [0.5, 0.6) is 0 Å². The van der Waals surface area contributed by atoms with Crippen molar-refractivity contribution in [3.05, 3.63) is 0 Å². The van der Waals surface area contributed by atoms with Crippen LogP contribution in [0.1, 0.15) is 33.1 Å². The number of amides is 2. The zero-order valence-electron chi connectivity index (χ0n) is 10.5. The Hall–Kier alpha value is -0.770. The van der Waals surface area contributed by atoms with Crippen LogP contribution < -0.4 is 16.0 Å². The van der Waals surface area contributed by atoms with Gasteiger partial charge in [-0.15, -0.1) is 0 Å². The first kappa shape index (κ1) is 13.3. The lowest BCUT2D eigenvalue weighted by Crippen LogP contribution is -2.44. The minimum Gasteiger partial charge on any atom is -0.338 e. The maximum absolute atomic E-state index is 11.4. The lowest BCUT2D eigenvalue weighted by atomic mass is 9.88. The summed E-state index contributed by atoms with van der Waals surface area (Å²) < 4.78 is 0. The van der Waals surface area contributed by atoms with E-state index in [1.54, 1.807) is 0 Å². The van der Waals surface area contributed by atoms with Gasteiger partial charge in [-0.05, 0) is 37.8 Å². The molecule has 1 aliphatic heterocycles. The highest BCUT2D eigenvalue weighted by atomic mass is 16.2. The molecule has 4 heteroatoms. The quantitative estimate of drug-likeness (QED) is 0.621. The van der Waals surface area contributed by atoms with E-state index in [9.17, 15) is 4.79 Å². The molecule has 0 aliphatic carbocycles. The summed E-state index contributed by atoms with van der Waals surface area (Å²) in [5.41, 5.74) is 0. The van der Waals surface area contributed by atoms with Gasteiger partial charge in [-0.3, -0.25) is 0 Å². The van der Waals surface area contributed by atoms with Crippen molar-refractivity contribution < 1.29 is 4.79 Å². The van der Waals surface area contributed by atoms with Gasteiger partial charge in [0.15, 0.2) is 0 Å². The van der Waals surface area contributed by atoms with Gasteiger partial charge in [0, 0.05) is 13.1 Å². The second kappa shape index (κ2) is 7.49. The van der Waals surface area contributed by atoms with Crippen molar-refractivity contribution in [2.75, 3.05) is 26.2 Å². The van der Waals surface area contributed by atoms with E-state index in [-0.39, 0.29) is 6.03 Å². The monoisotopic (exact) mass is 227 g/mol. The molecule has 94 valence electrons. The molecule has 1 heterocycles. The molecule has 16 heavy (non-hydrogen) atoms. The van der Waals surface area contributed by atoms with Crippen LogP contribution >= 0.6 is 0 Å². The molecule has 0 aromatic carbocycles. The molecule has 1 saturated heterocycles. The van der Waals surface area contributed by atoms with Gasteiger partial charge < -0.3 is 16.0 Å². The van der Waals surface area contributed by atoms with Crippen molar-refractivity contribution in [3.8, 4) is 0 Å². The zero-order valence-corrected chi connectivity index (χ0v) is 10.5. The number of urea groups is 1. The van der Waals surface area contributed by atoms with E-state index in [0.717, 1.165) is 45.4 Å². The Morgan fingerprint density at radius 2 is 2.25 bits per heavy atom. The molecule has 0 radical (unpaired) electrons. The number of hydrogen-bond donors (Lipinski definition) is 3. The average molecular weight is 227 g/mol. The van der Waals surface area contributed by atoms with Crippen molar-refractivity contribution in [1.29, 1.82) is 0 Å². The standard InChI is InChI=1S/C12H25N3O/c1-3-4-6-14-12(16)15-9-11-5-7-13-8-10(11)2/h10-11,13H,3-9H2,1-2H3,(H2,14,15,16). The maximum atomic E-state index is 11.4. The largest absolute Gasteiger partial charge is 0.338 e. The van der Waals surface area contributed by atoms with E-state index in [0.29, 0.717) is 11.8 Å². The van der Waals surface area contributed by atoms with Gasteiger partial charge in [0.2, 0.25) is 0 Å². The number of hydrogen-bond acceptors (Lipinski definition) is 2. The minimum atomic E-state index is -0.0146. The summed E-state index contributed by atoms with van der Waals surface area (Å²) in [6.07, 6.45) is 3.33. The van der Waals surface area contributed by atoms with Gasteiger partial charge in [-0.25, -0.2) is 4.79 Å². The Balaban J connectivity index is 2.10. The fraction of sp³-hybridized carbons (Fsp3) is 0.917. The maximum Gasteiger partial charge on any atom is 0.314 e. The van der Waals surface area contributed by atoms with Gasteiger partial charge in [-0.2, -0.15) is 0 Å². The molecule has 2 amide bonds. The van der Waals surface area contributed by atoms with E-state index in [1.165, 1.54) is 0 Å². The van der Waals surface area contributed by atoms with E-state index >= 15 is 0 Å². The third-order valence-corrected chi connectivity index (χ3v) is 3.30. The molecule has 3 N–H and O–H groups in total. The van der Waals surface area contributed by atoms with Crippen molar-refractivity contribution in [2.45, 2.75) is 33.1 Å². The summed E-state index contributed by atoms with van der Waals surface area (Å²) in [4.78, 5) is 11.4. The Morgan fingerprint density at radius 1 is 1.44 bits per heavy atom. The second-order valence-corrected chi connectivity index (χ2v) is 4.72. The number of nitrogens with one attached hydrogen (secondary N) is 3. The predicted molar refractivity (Wildman–Crippen MR) is 66.5 cm³/mol. The van der Waals surface area contributed by atoms with Gasteiger partial charge in [0.05, 0.1) is 0 Å². The number of carbonyl (C=O) groups is 1. The summed E-state index contributed by atoms with van der Waals surface area (Å²) in [5, 5.41) is 9.20. The highest BCUT2D eigenvalue weighted by Gasteiger charge is 2.21. The first-order valence-corrected chi connectivity index (χ1v) is 6.46. The second-order valence-electron chi connectivity index (χ2n) is 4.72. The average Bonchev–Trinajstić information content (AvgIpc) is 2.28. The van der Waals surface area contributed by atoms with E-state index in [2.05, 4.69) is 29.8 Å². The van der Waals surface area contributed by atoms with Crippen LogP contribution in [-0.2, 0) is 0 Å². The molecule has 0 spiro atoms. The van der Waals surface area contributed by atoms with Gasteiger partial charge in [0.1, 0.15) is 0 Å². The van der Waals surface area contributed by atoms with Crippen molar-refractivity contribution in [1.82, 2.24) is 16.0 Å². The van der Waals surface area contributed by atoms with Crippen LogP contribution in [0.25, 0.3) is 0 Å². The summed E-state index contributed by atoms with van der Waals surface area (Å²) in [6.45, 7) is 8.10. The Kier molecular flexibility index (Phi) is 6.23. The minimum absolute atomic E-state index is 0.0146. The molecule has 0 saturated carbocycles. The SMILES string of the molecule is CCCCNC(=O)NCC1CCNCC1C. The highest BCUT2D eigenvalue weighted by Crippen LogP contribution is 2.17. The lowest BCUT2D eigenvalue weighted by molar-refractivity contribution is 0.228. The smallest absolute Gasteiger partial charge is 0.314 e. The number of piperidine rings is 1. The number of carbonyl (C=O) groups excluding carboxylic acids is 1. The summed E-state index contributed by atoms with van der Waals surface area (Å²) in [7, 11) is 0. The van der Waals surface area contributed by atoms with Gasteiger partial charge in [0.25, 0.3) is 0 Å². The number of rotatable bonds is 5. The zero-order chi connectivity index (χ0) is 11.8. The molecule has 2 unspecified atom stereocenters. The van der Waals surface area contributed by atoms with Gasteiger partial charge >= 0.3 is 6.03 Å². The Bertz CT molecular complexity index is 208. The molecular formula is C12H25N3O.